The van der Waals surface area contributed by atoms with Crippen LogP contribution in [0.25, 0.3) is 55.9 Å². The first-order chi connectivity index (χ1) is 40.7. The summed E-state index contributed by atoms with van der Waals surface area (Å²) in [4.78, 5) is 32.1. The number of aromatic nitrogens is 8. The first-order valence-electron chi connectivity index (χ1n) is 25.0. The van der Waals surface area contributed by atoms with Crippen LogP contribution in [0.15, 0.2) is 291 Å². The van der Waals surface area contributed by atoms with E-state index >= 15 is 0 Å². The van der Waals surface area contributed by atoms with Crippen molar-refractivity contribution in [1.29, 1.82) is 0 Å². The largest absolute Gasteiger partial charge is 0.358 e. The normalized spacial score (nSPS) is 9.22. The molecule has 10 aromatic rings. The van der Waals surface area contributed by atoms with Crippen LogP contribution in [0.1, 0.15) is 41.5 Å². The summed E-state index contributed by atoms with van der Waals surface area (Å²) >= 11 is -5.10. The molecule has 0 amide bonds. The van der Waals surface area contributed by atoms with E-state index in [1.165, 1.54) is 44.5 Å². The van der Waals surface area contributed by atoms with Crippen LogP contribution in [0.5, 0.6) is 0 Å². The van der Waals surface area contributed by atoms with Gasteiger partial charge in [-0.15, -0.1) is 0 Å². The molecule has 0 saturated heterocycles. The van der Waals surface area contributed by atoms with Gasteiger partial charge in [-0.3, -0.25) is 39.9 Å². The van der Waals surface area contributed by atoms with Gasteiger partial charge in [-0.2, -0.15) is 0 Å². The van der Waals surface area contributed by atoms with Gasteiger partial charge in [0.15, 0.2) is 0 Å². The van der Waals surface area contributed by atoms with Crippen LogP contribution in [0.4, 0.5) is 0 Å². The number of hydrogen-bond acceptors (Lipinski definition) is 8. The zero-order valence-corrected chi connectivity index (χ0v) is 59.4. The Morgan fingerprint density at radius 2 is 0.437 bits per heavy atom. The molecule has 8 heterocycles. The monoisotopic (exact) mass is 1540 g/mol. The van der Waals surface area contributed by atoms with Crippen LogP contribution in [0.3, 0.4) is 0 Å². The SMILES string of the molecule is CC(C)=C=[C]=[Ru]([Cl])[Cl].CC(C)=C=[C]=[Ru]([Cl])[Cl].CC(C)=C=[C]=[Ru]([Cl])[Cl].[CH3-].[CH3-].[CH3-].c1cc(-c2ccncc2)ccn1.c1cc(-c2ccncc2)ccn1.c1ccc(-c2ccccn2)nc1.c1ccc(-c2ccncc2)cc1.c1ccc(-c2ccncc2)cc1. The summed E-state index contributed by atoms with van der Waals surface area (Å²) in [6.45, 7) is 11.6. The predicted molar refractivity (Wildman–Crippen MR) is 366 cm³/mol. The molecule has 8 aromatic heterocycles. The van der Waals surface area contributed by atoms with Crippen LogP contribution >= 0.6 is 58.1 Å². The first kappa shape index (κ1) is 80.5. The number of benzene rings is 2. The summed E-state index contributed by atoms with van der Waals surface area (Å²) in [5.74, 6) is 0. The van der Waals surface area contributed by atoms with Crippen molar-refractivity contribution in [1.82, 2.24) is 39.9 Å². The molecule has 0 N–H and O–H groups in total. The van der Waals surface area contributed by atoms with Crippen molar-refractivity contribution in [3.8, 4) is 55.9 Å². The van der Waals surface area contributed by atoms with E-state index in [0.29, 0.717) is 0 Å². The molecule has 458 valence electrons. The van der Waals surface area contributed by atoms with E-state index in [1.54, 1.807) is 62.0 Å². The van der Waals surface area contributed by atoms with E-state index in [9.17, 15) is 0 Å². The van der Waals surface area contributed by atoms with E-state index in [4.69, 9.17) is 58.1 Å². The first-order valence-corrected chi connectivity index (χ1v) is 41.0. The molecule has 0 saturated carbocycles. The fourth-order valence-corrected chi connectivity index (χ4v) is 8.90. The summed E-state index contributed by atoms with van der Waals surface area (Å²) in [6.07, 6.45) is 25.1. The van der Waals surface area contributed by atoms with Crippen molar-refractivity contribution >= 4 is 70.9 Å². The van der Waals surface area contributed by atoms with E-state index in [0.717, 1.165) is 28.1 Å². The predicted octanol–water partition coefficient (Wildman–Crippen LogP) is 20.6. The van der Waals surface area contributed by atoms with Gasteiger partial charge in [-0.25, -0.2) is 0 Å². The zero-order valence-electron chi connectivity index (χ0n) is 49.7. The minimum atomic E-state index is -1.70. The molecular formula is C70H69Cl6N8Ru3-3. The number of halogens is 6. The average Bonchev–Trinajstić information content (AvgIpc) is 3.76. The summed E-state index contributed by atoms with van der Waals surface area (Å²) in [5, 5.41) is 0. The van der Waals surface area contributed by atoms with E-state index in [2.05, 4.69) is 94.1 Å². The second-order valence-electron chi connectivity index (χ2n) is 16.8. The van der Waals surface area contributed by atoms with Crippen molar-refractivity contribution in [3.05, 3.63) is 313 Å². The standard InChI is InChI=1S/2C11H9N.3C10H8N2.3C5H6.3CH3.6ClH.3Ru/c2*1-2-4-10(5-3-1)11-6-8-12-9-7-11;2*1-5-11-6-2-9(1)10-3-7-12-8-4-10;1-3-7-11-9(5-1)10-6-2-4-8-12-10;3*1-4-5(2)3;;;;;;;;;;;;/h2*1-9H;3*1-8H;3*2-3H3;3*1H3;6*1H;;;/q;;;;;;;;3*-1;;;;;;;3*+2/p-6. The molecule has 0 spiro atoms. The Labute approximate surface area is 556 Å². The maximum absolute atomic E-state index is 5.44. The van der Waals surface area contributed by atoms with Gasteiger partial charge in [0.25, 0.3) is 0 Å². The molecule has 0 aliphatic carbocycles. The molecule has 0 fully saturated rings. The van der Waals surface area contributed by atoms with Crippen molar-refractivity contribution in [2.75, 3.05) is 0 Å². The van der Waals surface area contributed by atoms with E-state index in [-0.39, 0.29) is 22.3 Å². The summed E-state index contributed by atoms with van der Waals surface area (Å²) in [7, 11) is 32.7. The van der Waals surface area contributed by atoms with Gasteiger partial charge in [0.1, 0.15) is 0 Å². The summed E-state index contributed by atoms with van der Waals surface area (Å²) in [5.41, 5.74) is 23.0. The minimum Gasteiger partial charge on any atom is -0.358 e. The average molecular weight is 1540 g/mol. The van der Waals surface area contributed by atoms with Gasteiger partial charge in [-0.05, 0) is 142 Å². The molecule has 0 radical (unpaired) electrons. The Morgan fingerprint density at radius 1 is 0.253 bits per heavy atom. The van der Waals surface area contributed by atoms with Gasteiger partial charge in [0, 0.05) is 86.8 Å². The second-order valence-corrected chi connectivity index (χ2v) is 32.7. The molecule has 8 nitrogen and oxygen atoms in total. The van der Waals surface area contributed by atoms with Crippen molar-refractivity contribution < 1.29 is 40.6 Å². The Morgan fingerprint density at radius 3 is 0.586 bits per heavy atom. The van der Waals surface area contributed by atoms with E-state index in [1.807, 2.05) is 212 Å². The molecule has 0 atom stereocenters. The van der Waals surface area contributed by atoms with Crippen molar-refractivity contribution in [3.63, 3.8) is 0 Å². The number of rotatable bonds is 5. The zero-order chi connectivity index (χ0) is 60.8. The third-order valence-corrected chi connectivity index (χ3v) is 13.6. The smallest absolute Gasteiger partial charge is 0.0886 e. The van der Waals surface area contributed by atoms with Crippen LogP contribution in [-0.2, 0) is 40.6 Å². The molecule has 0 bridgehead atoms. The molecule has 0 aliphatic heterocycles. The van der Waals surface area contributed by atoms with Crippen LogP contribution in [0.2, 0.25) is 0 Å². The van der Waals surface area contributed by atoms with Crippen LogP contribution in [0, 0.1) is 22.3 Å². The van der Waals surface area contributed by atoms with Gasteiger partial charge in [0.05, 0.1) is 11.4 Å². The molecule has 17 heteroatoms. The maximum Gasteiger partial charge on any atom is 0.0886 e. The molecule has 87 heavy (non-hydrogen) atoms. The molecule has 0 aliphatic rings. The van der Waals surface area contributed by atoms with Gasteiger partial charge < -0.3 is 22.3 Å². The molecule has 2 aromatic carbocycles. The van der Waals surface area contributed by atoms with Crippen molar-refractivity contribution in [2.24, 2.45) is 0 Å². The molecular weight excluding hydrogens is 1470 g/mol. The summed E-state index contributed by atoms with van der Waals surface area (Å²) in [6, 6.07) is 56.0. The van der Waals surface area contributed by atoms with Crippen molar-refractivity contribution in [2.45, 2.75) is 41.5 Å². The van der Waals surface area contributed by atoms with Gasteiger partial charge >= 0.3 is 187 Å². The number of hydrogen-bond donors (Lipinski definition) is 0. The molecule has 10 rings (SSSR count). The Kier molecular flexibility index (Phi) is 47.7. The van der Waals surface area contributed by atoms with Gasteiger partial charge in [0.2, 0.25) is 0 Å². The Hall–Kier alpha value is -6.46. The van der Waals surface area contributed by atoms with Crippen LogP contribution in [-0.4, -0.2) is 52.7 Å². The minimum absolute atomic E-state index is 0. The van der Waals surface area contributed by atoms with E-state index < -0.39 is 40.6 Å². The third-order valence-electron chi connectivity index (χ3n) is 9.64. The summed E-state index contributed by atoms with van der Waals surface area (Å²) < 4.78 is 8.20. The fraction of sp³-hybridized carbons (Fsp3) is 0.0857. The number of nitrogens with zero attached hydrogens (tertiary/aromatic N) is 8. The Bertz CT molecular complexity index is 2910. The number of allylic oxidation sites excluding steroid dienone is 3. The topological polar surface area (TPSA) is 103 Å². The third kappa shape index (κ3) is 40.6. The van der Waals surface area contributed by atoms with Crippen LogP contribution < -0.4 is 0 Å². The number of pyridine rings is 8. The Balaban J connectivity index is 0.000000974. The maximum atomic E-state index is 5.44. The molecule has 0 unspecified atom stereocenters. The quantitative estimate of drug-likeness (QED) is 0.0954. The fourth-order valence-electron chi connectivity index (χ4n) is 5.92. The van der Waals surface area contributed by atoms with Gasteiger partial charge in [-0.1, -0.05) is 72.8 Å². The second kappa shape index (κ2) is 51.6.